The molecule has 0 heterocycles. The molecule has 0 saturated heterocycles. The van der Waals surface area contributed by atoms with Crippen molar-refractivity contribution in [2.24, 2.45) is 0 Å². The molecule has 0 aromatic carbocycles. The van der Waals surface area contributed by atoms with Gasteiger partial charge in [0, 0.05) is 6.61 Å². The summed E-state index contributed by atoms with van der Waals surface area (Å²) in [7, 11) is 0. The Morgan fingerprint density at radius 1 is 0.789 bits per heavy atom. The predicted molar refractivity (Wildman–Crippen MR) is 80.4 cm³/mol. The van der Waals surface area contributed by atoms with E-state index >= 15 is 0 Å². The molecule has 3 heteroatoms. The summed E-state index contributed by atoms with van der Waals surface area (Å²) >= 11 is 0. The molecule has 0 radical (unpaired) electrons. The first kappa shape index (κ1) is 18.5. The number of ether oxygens (including phenoxy) is 3. The lowest BCUT2D eigenvalue weighted by molar-refractivity contribution is 0.0296. The van der Waals surface area contributed by atoms with Crippen LogP contribution in [0.4, 0.5) is 0 Å². The fourth-order valence-corrected chi connectivity index (χ4v) is 1.58. The molecule has 0 aliphatic rings. The lowest BCUT2D eigenvalue weighted by atomic mass is 10.1. The van der Waals surface area contributed by atoms with Gasteiger partial charge in [0.15, 0.2) is 0 Å². The van der Waals surface area contributed by atoms with Crippen LogP contribution < -0.4 is 0 Å². The monoisotopic (exact) mass is 272 g/mol. The quantitative estimate of drug-likeness (QED) is 0.348. The molecule has 0 fully saturated rings. The number of allylic oxidation sites excluding steroid dienone is 1. The lowest BCUT2D eigenvalue weighted by Crippen LogP contribution is -2.08. The third kappa shape index (κ3) is 13.7. The van der Waals surface area contributed by atoms with E-state index < -0.39 is 0 Å². The Morgan fingerprint density at radius 2 is 1.42 bits per heavy atom. The first-order chi connectivity index (χ1) is 9.35. The minimum Gasteiger partial charge on any atom is -0.499 e. The first-order valence-electron chi connectivity index (χ1n) is 7.80. The molecule has 0 rings (SSSR count). The molecule has 0 aliphatic heterocycles. The minimum atomic E-state index is 0.630. The SMILES string of the molecule is CCCCOCCOCCOC=C(CC)CCCC. The van der Waals surface area contributed by atoms with Crippen LogP contribution in [-0.2, 0) is 14.2 Å². The average molecular weight is 272 g/mol. The fraction of sp³-hybridized carbons (Fsp3) is 0.875. The molecule has 0 aliphatic carbocycles. The summed E-state index contributed by atoms with van der Waals surface area (Å²) in [6, 6.07) is 0. The third-order valence-electron chi connectivity index (χ3n) is 2.92. The molecule has 114 valence electrons. The Labute approximate surface area is 119 Å². The van der Waals surface area contributed by atoms with E-state index in [0.29, 0.717) is 26.4 Å². The Kier molecular flexibility index (Phi) is 15.1. The molecule has 0 aromatic heterocycles. The molecule has 0 unspecified atom stereocenters. The van der Waals surface area contributed by atoms with Gasteiger partial charge in [-0.05, 0) is 31.3 Å². The zero-order valence-electron chi connectivity index (χ0n) is 13.1. The van der Waals surface area contributed by atoms with Crippen LogP contribution in [0.25, 0.3) is 0 Å². The minimum absolute atomic E-state index is 0.630. The van der Waals surface area contributed by atoms with E-state index in [1.54, 1.807) is 0 Å². The summed E-state index contributed by atoms with van der Waals surface area (Å²) in [5.41, 5.74) is 1.39. The van der Waals surface area contributed by atoms with Crippen LogP contribution in [-0.4, -0.2) is 33.0 Å². The molecule has 0 N–H and O–H groups in total. The van der Waals surface area contributed by atoms with E-state index in [0.717, 1.165) is 25.9 Å². The second-order valence-electron chi connectivity index (χ2n) is 4.68. The van der Waals surface area contributed by atoms with Gasteiger partial charge >= 0.3 is 0 Å². The summed E-state index contributed by atoms with van der Waals surface area (Å²) in [5.74, 6) is 0. The molecular formula is C16H32O3. The average Bonchev–Trinajstić information content (AvgIpc) is 2.44. The van der Waals surface area contributed by atoms with Gasteiger partial charge in [0.05, 0.1) is 26.1 Å². The maximum Gasteiger partial charge on any atom is 0.111 e. The molecule has 0 saturated carbocycles. The topological polar surface area (TPSA) is 27.7 Å². The Morgan fingerprint density at radius 3 is 2.05 bits per heavy atom. The van der Waals surface area contributed by atoms with Gasteiger partial charge in [0.2, 0.25) is 0 Å². The fourth-order valence-electron chi connectivity index (χ4n) is 1.58. The van der Waals surface area contributed by atoms with Crippen molar-refractivity contribution in [2.45, 2.75) is 59.3 Å². The molecule has 3 nitrogen and oxygen atoms in total. The van der Waals surface area contributed by atoms with Gasteiger partial charge in [0.1, 0.15) is 6.61 Å². The van der Waals surface area contributed by atoms with Crippen molar-refractivity contribution in [2.75, 3.05) is 33.0 Å². The number of hydrogen-bond acceptors (Lipinski definition) is 3. The van der Waals surface area contributed by atoms with Crippen molar-refractivity contribution in [3.05, 3.63) is 11.8 Å². The zero-order chi connectivity index (χ0) is 14.2. The van der Waals surface area contributed by atoms with Gasteiger partial charge in [-0.3, -0.25) is 0 Å². The number of unbranched alkanes of at least 4 members (excludes halogenated alkanes) is 2. The largest absolute Gasteiger partial charge is 0.499 e. The van der Waals surface area contributed by atoms with Crippen molar-refractivity contribution in [3.8, 4) is 0 Å². The lowest BCUT2D eigenvalue weighted by Gasteiger charge is -2.07. The van der Waals surface area contributed by atoms with Gasteiger partial charge in [-0.2, -0.15) is 0 Å². The second-order valence-corrected chi connectivity index (χ2v) is 4.68. The zero-order valence-corrected chi connectivity index (χ0v) is 13.1. The van der Waals surface area contributed by atoms with E-state index in [-0.39, 0.29) is 0 Å². The summed E-state index contributed by atoms with van der Waals surface area (Å²) < 4.78 is 16.3. The Balaban J connectivity index is 3.30. The number of rotatable bonds is 14. The van der Waals surface area contributed by atoms with Gasteiger partial charge in [0.25, 0.3) is 0 Å². The van der Waals surface area contributed by atoms with Crippen molar-refractivity contribution in [1.82, 2.24) is 0 Å². The molecule has 0 bridgehead atoms. The Bertz CT molecular complexity index is 202. The van der Waals surface area contributed by atoms with E-state index in [4.69, 9.17) is 14.2 Å². The van der Waals surface area contributed by atoms with Crippen molar-refractivity contribution in [3.63, 3.8) is 0 Å². The normalized spacial score (nSPS) is 11.8. The highest BCUT2D eigenvalue weighted by atomic mass is 16.5. The summed E-state index contributed by atoms with van der Waals surface area (Å²) in [4.78, 5) is 0. The summed E-state index contributed by atoms with van der Waals surface area (Å²) in [5, 5.41) is 0. The van der Waals surface area contributed by atoms with Gasteiger partial charge in [-0.25, -0.2) is 0 Å². The first-order valence-corrected chi connectivity index (χ1v) is 7.80. The molecule has 19 heavy (non-hydrogen) atoms. The Hall–Kier alpha value is -0.540. The molecule has 0 aromatic rings. The molecule has 0 atom stereocenters. The van der Waals surface area contributed by atoms with Crippen LogP contribution in [0.1, 0.15) is 59.3 Å². The highest BCUT2D eigenvalue weighted by molar-refractivity contribution is 4.96. The van der Waals surface area contributed by atoms with Crippen molar-refractivity contribution < 1.29 is 14.2 Å². The van der Waals surface area contributed by atoms with Crippen LogP contribution in [0.15, 0.2) is 11.8 Å². The second kappa shape index (κ2) is 15.5. The molecule has 0 amide bonds. The van der Waals surface area contributed by atoms with Crippen molar-refractivity contribution in [1.29, 1.82) is 0 Å². The van der Waals surface area contributed by atoms with Gasteiger partial charge in [-0.15, -0.1) is 0 Å². The van der Waals surface area contributed by atoms with Crippen LogP contribution >= 0.6 is 0 Å². The van der Waals surface area contributed by atoms with Gasteiger partial charge < -0.3 is 14.2 Å². The molecular weight excluding hydrogens is 240 g/mol. The highest BCUT2D eigenvalue weighted by Gasteiger charge is 1.95. The van der Waals surface area contributed by atoms with E-state index in [9.17, 15) is 0 Å². The predicted octanol–water partition coefficient (Wildman–Crippen LogP) is 4.32. The maximum absolute atomic E-state index is 5.50. The van der Waals surface area contributed by atoms with Gasteiger partial charge in [-0.1, -0.05) is 33.6 Å². The smallest absolute Gasteiger partial charge is 0.111 e. The third-order valence-corrected chi connectivity index (χ3v) is 2.92. The summed E-state index contributed by atoms with van der Waals surface area (Å²) in [6.45, 7) is 10.0. The van der Waals surface area contributed by atoms with Crippen LogP contribution in [0.3, 0.4) is 0 Å². The molecule has 0 spiro atoms. The van der Waals surface area contributed by atoms with Crippen LogP contribution in [0.2, 0.25) is 0 Å². The van der Waals surface area contributed by atoms with Crippen molar-refractivity contribution >= 4 is 0 Å². The van der Waals surface area contributed by atoms with Crippen LogP contribution in [0, 0.1) is 0 Å². The maximum atomic E-state index is 5.50. The standard InChI is InChI=1S/C16H32O3/c1-4-7-9-16(6-3)15-19-14-13-18-12-11-17-10-8-5-2/h15H,4-14H2,1-3H3. The van der Waals surface area contributed by atoms with E-state index in [2.05, 4.69) is 20.8 Å². The number of hydrogen-bond donors (Lipinski definition) is 0. The van der Waals surface area contributed by atoms with Crippen LogP contribution in [0.5, 0.6) is 0 Å². The van der Waals surface area contributed by atoms with E-state index in [1.807, 2.05) is 6.26 Å². The summed E-state index contributed by atoms with van der Waals surface area (Å²) in [6.07, 6.45) is 8.93. The highest BCUT2D eigenvalue weighted by Crippen LogP contribution is 2.10. The van der Waals surface area contributed by atoms with E-state index in [1.165, 1.54) is 24.8 Å².